The van der Waals surface area contributed by atoms with Crippen LogP contribution in [-0.4, -0.2) is 103 Å². The number of nitrogens with zero attached hydrogens (tertiary/aromatic N) is 8. The summed E-state index contributed by atoms with van der Waals surface area (Å²) in [5.74, 6) is -4.87. The van der Waals surface area contributed by atoms with Gasteiger partial charge in [-0.2, -0.15) is 36.3 Å². The number of rotatable bonds is 26. The summed E-state index contributed by atoms with van der Waals surface area (Å²) in [6.07, 6.45) is -19.0. The number of benzene rings is 6. The van der Waals surface area contributed by atoms with Crippen molar-refractivity contribution in [1.82, 2.24) is 38.7 Å². The molecular formula is C73H78F8N8O4S2. The third-order valence-electron chi connectivity index (χ3n) is 14.5. The zero-order valence-electron chi connectivity index (χ0n) is 80.3. The molecule has 2 amide bonds. The molecule has 95 heavy (non-hydrogen) atoms. The van der Waals surface area contributed by atoms with Gasteiger partial charge < -0.3 is 28.7 Å². The van der Waals surface area contributed by atoms with Gasteiger partial charge in [-0.15, -0.1) is 0 Å². The summed E-state index contributed by atoms with van der Waals surface area (Å²) in [7, 11) is 0. The number of alkyl halides is 6. The van der Waals surface area contributed by atoms with Crippen molar-refractivity contribution in [3.8, 4) is 22.3 Å². The standard InChI is InChI=1S/C37H40F4N4O2S.C36H38F4N4O2S/c1-4-43(5-2)19-20-44(22-26-9-13-28(14-10-26)29-15-18-32(25(3)21-29)37(39,40)41)34(46)23-45-33-8-6-7-31(33)35(47)42-36(45)48-24-27-11-16-30(38)17-12-27;1-3-42(4-2)20-21-43(22-25-8-12-27(13-9-25)28-14-16-29(17-15-28)36(38,39)40)33(45)23-44-32-7-5-6-31(32)34(46)41-35(44)47-24-26-10-18-30(37)19-11-26/h9-18,21H,4-8,19-20,22-24H2,1-3H3;8-19H,3-7,20-24H2,1-2H3/i4D2,5D2,6D2,7D2,8D2,9D,10D,11D,12D,13D,14D,15D,16D,17D,18D,21D,22D2;3D2,4D2,22D2. The van der Waals surface area contributed by atoms with Crippen LogP contribution in [0.15, 0.2) is 159 Å². The summed E-state index contributed by atoms with van der Waals surface area (Å²) in [6.45, 7) is -16.0. The van der Waals surface area contributed by atoms with Crippen molar-refractivity contribution < 1.29 is 84.5 Å². The van der Waals surface area contributed by atoms with Gasteiger partial charge in [-0.3, -0.25) is 19.2 Å². The van der Waals surface area contributed by atoms with Crippen LogP contribution < -0.4 is 11.1 Å². The molecule has 10 rings (SSSR count). The van der Waals surface area contributed by atoms with Gasteiger partial charge >= 0.3 is 12.4 Å². The minimum atomic E-state index is -5.26. The second-order valence-electron chi connectivity index (χ2n) is 20.6. The normalized spacial score (nSPS) is 19.8. The Morgan fingerprint density at radius 3 is 1.59 bits per heavy atom. The van der Waals surface area contributed by atoms with E-state index in [1.807, 2.05) is 0 Å². The van der Waals surface area contributed by atoms with Gasteiger partial charge in [-0.05, 0) is 164 Å². The predicted molar refractivity (Wildman–Crippen MR) is 358 cm³/mol. The predicted octanol–water partition coefficient (Wildman–Crippen LogP) is 14.7. The molecule has 0 N–H and O–H groups in total. The van der Waals surface area contributed by atoms with Gasteiger partial charge in [0.05, 0.1) is 31.7 Å². The van der Waals surface area contributed by atoms with Crippen molar-refractivity contribution in [3.05, 3.63) is 233 Å². The molecule has 8 aromatic rings. The zero-order chi connectivity index (χ0) is 93.7. The molecule has 0 aliphatic heterocycles. The van der Waals surface area contributed by atoms with Crippen molar-refractivity contribution in [1.29, 1.82) is 0 Å². The van der Waals surface area contributed by atoms with Gasteiger partial charge in [-0.1, -0.05) is 148 Å². The number of carbonyl (C=O) groups excluding carboxylic acids is 2. The highest BCUT2D eigenvalue weighted by atomic mass is 32.2. The largest absolute Gasteiger partial charge is 0.416 e. The van der Waals surface area contributed by atoms with Crippen LogP contribution in [0.5, 0.6) is 0 Å². The molecule has 502 valence electrons. The lowest BCUT2D eigenvalue weighted by molar-refractivity contribution is -0.138. The SMILES string of the molecule is [2H]C([2H])(C)N(CCN(C(=O)Cn1c(SCc2ccc(F)cc2)nc(=O)c2c1CCC2)C([2H])([2H])c1ccc(-c2ccc(C(F)(F)F)cc2)cc1)C([2H])([2H])C.[2H]c1c([2H])c(CSc2nc(=O)c3c(n2CC(=O)N(CCN(C([2H])([2H])C)C([2H])([2H])C)C([2H])([2H])c2c([2H])c([2H])c(-c4c([2H])c([2H])c(C(F)(F)F)c(C)c4[2H])c([2H])c2[2H])C([2H])([2H])C([2H])([2H])C3([2H])[2H])c([2H])c([2H])c1F. The number of carbonyl (C=O) groups is 2. The maximum atomic E-state index is 15.0. The molecule has 0 saturated heterocycles. The summed E-state index contributed by atoms with van der Waals surface area (Å²) in [5.41, 5.74) is -9.11. The number of fused-ring (bicyclic) bond motifs is 2. The number of amides is 2. The van der Waals surface area contributed by atoms with Gasteiger partial charge in [0, 0.05) is 92.4 Å². The Bertz CT molecular complexity index is 5480. The Morgan fingerprint density at radius 2 is 1.04 bits per heavy atom. The Labute approximate surface area is 598 Å². The molecule has 0 atom stereocenters. The van der Waals surface area contributed by atoms with Crippen molar-refractivity contribution >= 4 is 35.3 Å². The number of thioether (sulfide) groups is 2. The van der Waals surface area contributed by atoms with E-state index in [0.29, 0.717) is 56.9 Å². The molecule has 2 heterocycles. The fourth-order valence-corrected chi connectivity index (χ4v) is 11.4. The summed E-state index contributed by atoms with van der Waals surface area (Å²) in [6, 6.07) is 2.62. The van der Waals surface area contributed by atoms with Crippen LogP contribution in [0.25, 0.3) is 22.3 Å². The highest BCUT2D eigenvalue weighted by Crippen LogP contribution is 2.36. The summed E-state index contributed by atoms with van der Waals surface area (Å²) in [5, 5.41) is -0.629. The van der Waals surface area contributed by atoms with Crippen LogP contribution in [0, 0.1) is 18.6 Å². The van der Waals surface area contributed by atoms with E-state index in [1.54, 1.807) is 16.7 Å². The quantitative estimate of drug-likeness (QED) is 0.0295. The molecule has 0 spiro atoms. The molecule has 0 radical (unpaired) electrons. The number of hydrogen-bond acceptors (Lipinski definition) is 10. The fourth-order valence-electron chi connectivity index (χ4n) is 9.59. The first kappa shape index (κ1) is 41.9. The van der Waals surface area contributed by atoms with Crippen molar-refractivity contribution in [2.24, 2.45) is 0 Å². The lowest BCUT2D eigenvalue weighted by Gasteiger charge is -2.28. The lowest BCUT2D eigenvalue weighted by Crippen LogP contribution is -2.40. The molecular weight excluding hydrogens is 1270 g/mol. The average Bonchev–Trinajstić information content (AvgIpc) is 1.51. The van der Waals surface area contributed by atoms with Gasteiger partial charge in [0.1, 0.15) is 24.7 Å². The summed E-state index contributed by atoms with van der Waals surface area (Å²) >= 11 is 1.42. The second kappa shape index (κ2) is 32.7. The van der Waals surface area contributed by atoms with E-state index in [1.165, 1.54) is 60.3 Å². The summed E-state index contributed by atoms with van der Waals surface area (Å²) in [4.78, 5) is 66.4. The van der Waals surface area contributed by atoms with Crippen molar-refractivity contribution in [2.75, 3.05) is 52.2 Å². The second-order valence-corrected chi connectivity index (χ2v) is 22.5. The van der Waals surface area contributed by atoms with Crippen LogP contribution in [0.1, 0.15) is 142 Å². The Hall–Kier alpha value is -7.92. The fraction of sp³-hybridized carbons (Fsp3) is 0.370. The molecule has 0 fully saturated rings. The molecule has 2 aliphatic rings. The van der Waals surface area contributed by atoms with Crippen LogP contribution in [0.4, 0.5) is 35.1 Å². The third-order valence-corrected chi connectivity index (χ3v) is 16.5. The molecule has 6 aromatic carbocycles. The highest BCUT2D eigenvalue weighted by Gasteiger charge is 2.33. The van der Waals surface area contributed by atoms with E-state index < -0.39 is 272 Å². The van der Waals surface area contributed by atoms with E-state index in [4.69, 9.17) is 34.3 Å². The van der Waals surface area contributed by atoms with Crippen LogP contribution >= 0.6 is 23.5 Å². The van der Waals surface area contributed by atoms with Crippen LogP contribution in [0.2, 0.25) is 0 Å². The highest BCUT2D eigenvalue weighted by molar-refractivity contribution is 7.98. The number of likely N-dealkylation sites (N-methyl/N-ethyl adjacent to an activating group) is 2. The Balaban J connectivity index is 0.000000293. The molecule has 12 nitrogen and oxygen atoms in total. The van der Waals surface area contributed by atoms with E-state index in [0.717, 1.165) is 62.1 Å². The van der Waals surface area contributed by atoms with E-state index in [2.05, 4.69) is 9.97 Å². The van der Waals surface area contributed by atoms with Crippen LogP contribution in [0.3, 0.4) is 0 Å². The van der Waals surface area contributed by atoms with E-state index >= 15 is 0 Å². The average molecular weight is 1380 g/mol. The summed E-state index contributed by atoms with van der Waals surface area (Å²) < 4.78 is 359. The number of halogens is 8. The molecule has 0 unspecified atom stereocenters. The first-order valence-electron chi connectivity index (χ1n) is 43.4. The van der Waals surface area contributed by atoms with Crippen molar-refractivity contribution in [2.45, 2.75) is 133 Å². The van der Waals surface area contributed by atoms with Crippen molar-refractivity contribution in [3.63, 3.8) is 0 Å². The molecule has 2 aromatic heterocycles. The number of hydrogen-bond donors (Lipinski definition) is 0. The monoisotopic (exact) mass is 1380 g/mol. The molecule has 22 heteroatoms. The maximum Gasteiger partial charge on any atom is 0.416 e. The molecule has 0 saturated carbocycles. The first-order chi connectivity index (χ1) is 56.6. The first-order valence-corrected chi connectivity index (χ1v) is 30.8. The topological polar surface area (TPSA) is 117 Å². The van der Waals surface area contributed by atoms with Gasteiger partial charge in [-0.25, -0.2) is 8.78 Å². The maximum absolute atomic E-state index is 15.0. The minimum Gasteiger partial charge on any atom is -0.336 e. The van der Waals surface area contributed by atoms with E-state index in [-0.39, 0.29) is 27.4 Å². The Morgan fingerprint density at radius 1 is 0.547 bits per heavy atom. The van der Waals surface area contributed by atoms with Gasteiger partial charge in [0.25, 0.3) is 11.1 Å². The van der Waals surface area contributed by atoms with E-state index in [9.17, 15) is 59.8 Å². The number of aromatic nitrogens is 4. The van der Waals surface area contributed by atoms with Gasteiger partial charge in [0.2, 0.25) is 11.8 Å². The molecule has 2 aliphatic carbocycles. The zero-order valence-corrected chi connectivity index (χ0v) is 52.9. The minimum absolute atomic E-state index is 0.0150. The van der Waals surface area contributed by atoms with Crippen LogP contribution in [-0.2, 0) is 85.1 Å². The van der Waals surface area contributed by atoms with Gasteiger partial charge in [0.15, 0.2) is 10.3 Å². The third kappa shape index (κ3) is 19.0. The smallest absolute Gasteiger partial charge is 0.336 e. The molecule has 0 bridgehead atoms. The Kier molecular flexibility index (Phi) is 14.4. The lowest BCUT2D eigenvalue weighted by atomic mass is 9.98.